The molecular weight excluding hydrogens is 378 g/mol. The summed E-state index contributed by atoms with van der Waals surface area (Å²) in [7, 11) is 0. The number of benzene rings is 2. The number of H-pyrrole nitrogens is 1. The number of primary amides is 1. The first kappa shape index (κ1) is 16.8. The molecule has 5 rings (SSSR count). The molecule has 144 valence electrons. The van der Waals surface area contributed by atoms with Crippen LogP contribution in [-0.4, -0.2) is 37.3 Å². The molecule has 29 heavy (non-hydrogen) atoms. The van der Waals surface area contributed by atoms with E-state index >= 15 is 0 Å². The highest BCUT2D eigenvalue weighted by Crippen LogP contribution is 2.34. The van der Waals surface area contributed by atoms with Crippen molar-refractivity contribution in [2.24, 2.45) is 5.73 Å². The van der Waals surface area contributed by atoms with E-state index < -0.39 is 11.6 Å². The topological polar surface area (TPSA) is 145 Å². The first-order chi connectivity index (χ1) is 14.0. The number of aromatic amines is 1. The van der Waals surface area contributed by atoms with Gasteiger partial charge in [0.2, 0.25) is 6.79 Å². The second-order valence-electron chi connectivity index (χ2n) is 6.31. The summed E-state index contributed by atoms with van der Waals surface area (Å²) in [6.07, 6.45) is 0. The van der Waals surface area contributed by atoms with E-state index in [4.69, 9.17) is 15.2 Å². The zero-order valence-electron chi connectivity index (χ0n) is 14.7. The number of aromatic hydroxyl groups is 1. The Morgan fingerprint density at radius 1 is 1.10 bits per heavy atom. The van der Waals surface area contributed by atoms with E-state index in [2.05, 4.69) is 15.0 Å². The maximum atomic E-state index is 12.7. The van der Waals surface area contributed by atoms with Crippen molar-refractivity contribution in [2.75, 3.05) is 6.79 Å². The van der Waals surface area contributed by atoms with E-state index in [9.17, 15) is 14.7 Å². The number of fused-ring (bicyclic) bond motifs is 2. The van der Waals surface area contributed by atoms with Crippen molar-refractivity contribution in [1.82, 2.24) is 19.5 Å². The molecule has 3 heterocycles. The highest BCUT2D eigenvalue weighted by Gasteiger charge is 2.22. The number of carbonyl (C=O) groups excluding carboxylic acids is 1. The Labute approximate surface area is 162 Å². The number of phenols is 1. The van der Waals surface area contributed by atoms with Gasteiger partial charge in [-0.1, -0.05) is 0 Å². The van der Waals surface area contributed by atoms with Gasteiger partial charge in [0, 0.05) is 11.6 Å². The van der Waals surface area contributed by atoms with Crippen LogP contribution in [0.5, 0.6) is 17.2 Å². The van der Waals surface area contributed by atoms with Gasteiger partial charge < -0.3 is 25.3 Å². The van der Waals surface area contributed by atoms with Crippen molar-refractivity contribution in [2.45, 2.75) is 0 Å². The van der Waals surface area contributed by atoms with Crippen LogP contribution in [0.1, 0.15) is 10.5 Å². The number of hydrogen-bond donors (Lipinski definition) is 3. The van der Waals surface area contributed by atoms with E-state index in [1.54, 1.807) is 30.3 Å². The Hall–Kier alpha value is -4.34. The number of aromatic nitrogens is 4. The lowest BCUT2D eigenvalue weighted by atomic mass is 10.2. The monoisotopic (exact) mass is 391 g/mol. The fourth-order valence-corrected chi connectivity index (χ4v) is 3.17. The molecule has 0 spiro atoms. The minimum atomic E-state index is -0.809. The van der Waals surface area contributed by atoms with Crippen LogP contribution in [0.2, 0.25) is 0 Å². The van der Waals surface area contributed by atoms with Gasteiger partial charge in [-0.15, -0.1) is 0 Å². The van der Waals surface area contributed by atoms with Crippen molar-refractivity contribution in [3.8, 4) is 34.3 Å². The molecule has 1 aliphatic heterocycles. The average molecular weight is 391 g/mol. The SMILES string of the molecule is NC(=O)c1nc(-c2ccc(O)cc2)nc2c1[nH]c(=O)n2-c1ccc2c(c1)OCO2. The molecule has 1 aliphatic rings. The van der Waals surface area contributed by atoms with E-state index in [1.807, 2.05) is 0 Å². The molecule has 10 nitrogen and oxygen atoms in total. The van der Waals surface area contributed by atoms with Gasteiger partial charge in [-0.2, -0.15) is 0 Å². The van der Waals surface area contributed by atoms with Gasteiger partial charge in [-0.25, -0.2) is 19.3 Å². The van der Waals surface area contributed by atoms with Crippen molar-refractivity contribution in [3.63, 3.8) is 0 Å². The summed E-state index contributed by atoms with van der Waals surface area (Å²) >= 11 is 0. The lowest BCUT2D eigenvalue weighted by Crippen LogP contribution is -2.15. The third-order valence-electron chi connectivity index (χ3n) is 4.51. The molecule has 0 atom stereocenters. The van der Waals surface area contributed by atoms with E-state index in [0.717, 1.165) is 0 Å². The molecule has 4 N–H and O–H groups in total. The van der Waals surface area contributed by atoms with Gasteiger partial charge in [-0.3, -0.25) is 4.79 Å². The fourth-order valence-electron chi connectivity index (χ4n) is 3.17. The van der Waals surface area contributed by atoms with Crippen molar-refractivity contribution >= 4 is 17.1 Å². The molecule has 0 aliphatic carbocycles. The number of phenolic OH excluding ortho intramolecular Hbond substituents is 1. The quantitative estimate of drug-likeness (QED) is 0.477. The first-order valence-electron chi connectivity index (χ1n) is 8.53. The Morgan fingerprint density at radius 3 is 2.62 bits per heavy atom. The third-order valence-corrected chi connectivity index (χ3v) is 4.51. The van der Waals surface area contributed by atoms with Crippen LogP contribution < -0.4 is 20.9 Å². The zero-order valence-corrected chi connectivity index (χ0v) is 14.7. The number of carbonyl (C=O) groups is 1. The maximum absolute atomic E-state index is 12.7. The number of nitrogens with one attached hydrogen (secondary N) is 1. The minimum absolute atomic E-state index is 0.0730. The molecule has 0 bridgehead atoms. The van der Waals surface area contributed by atoms with Crippen LogP contribution in [0.15, 0.2) is 47.3 Å². The number of imidazole rings is 1. The normalized spacial score (nSPS) is 12.4. The maximum Gasteiger partial charge on any atom is 0.332 e. The van der Waals surface area contributed by atoms with Gasteiger partial charge in [0.25, 0.3) is 5.91 Å². The number of hydrogen-bond acceptors (Lipinski definition) is 7. The predicted octanol–water partition coefficient (Wildman–Crippen LogP) is 1.31. The van der Waals surface area contributed by atoms with Crippen LogP contribution in [0, 0.1) is 0 Å². The number of nitrogens with two attached hydrogens (primary N) is 1. The van der Waals surface area contributed by atoms with Gasteiger partial charge in [0.05, 0.1) is 5.69 Å². The molecule has 2 aromatic carbocycles. The van der Waals surface area contributed by atoms with Crippen molar-refractivity contribution in [3.05, 3.63) is 58.6 Å². The highest BCUT2D eigenvalue weighted by molar-refractivity contribution is 6.02. The van der Waals surface area contributed by atoms with Crippen LogP contribution in [0.4, 0.5) is 0 Å². The second kappa shape index (κ2) is 6.09. The second-order valence-corrected chi connectivity index (χ2v) is 6.31. The number of nitrogens with zero attached hydrogens (tertiary/aromatic N) is 3. The van der Waals surface area contributed by atoms with E-state index in [-0.39, 0.29) is 35.2 Å². The molecule has 0 saturated carbocycles. The Balaban J connectivity index is 1.79. The molecule has 4 aromatic rings. The van der Waals surface area contributed by atoms with Gasteiger partial charge in [0.15, 0.2) is 28.7 Å². The summed E-state index contributed by atoms with van der Waals surface area (Å²) in [6.45, 7) is 0.0978. The Kier molecular flexibility index (Phi) is 3.53. The lowest BCUT2D eigenvalue weighted by molar-refractivity contribution is 0.0997. The summed E-state index contributed by atoms with van der Waals surface area (Å²) in [4.78, 5) is 36.0. The summed E-state index contributed by atoms with van der Waals surface area (Å²) in [5, 5.41) is 9.50. The summed E-state index contributed by atoms with van der Waals surface area (Å²) in [5.74, 6) is 0.505. The summed E-state index contributed by atoms with van der Waals surface area (Å²) in [6, 6.07) is 11.1. The Bertz CT molecular complexity index is 1340. The van der Waals surface area contributed by atoms with Crippen LogP contribution >= 0.6 is 0 Å². The largest absolute Gasteiger partial charge is 0.508 e. The average Bonchev–Trinajstić information content (AvgIpc) is 3.30. The van der Waals surface area contributed by atoms with Gasteiger partial charge in [0.1, 0.15) is 11.3 Å². The smallest absolute Gasteiger partial charge is 0.332 e. The predicted molar refractivity (Wildman–Crippen MR) is 101 cm³/mol. The molecule has 10 heteroatoms. The van der Waals surface area contributed by atoms with Crippen LogP contribution in [0.3, 0.4) is 0 Å². The van der Waals surface area contributed by atoms with E-state index in [0.29, 0.717) is 22.7 Å². The van der Waals surface area contributed by atoms with Gasteiger partial charge in [-0.05, 0) is 36.4 Å². The molecule has 1 amide bonds. The van der Waals surface area contributed by atoms with Crippen molar-refractivity contribution in [1.29, 1.82) is 0 Å². The molecule has 0 fully saturated rings. The van der Waals surface area contributed by atoms with E-state index in [1.165, 1.54) is 16.7 Å². The fraction of sp³-hybridized carbons (Fsp3) is 0.0526. The Morgan fingerprint density at radius 2 is 1.86 bits per heavy atom. The summed E-state index contributed by atoms with van der Waals surface area (Å²) < 4.78 is 12.0. The number of ether oxygens (including phenoxy) is 2. The number of amides is 1. The third kappa shape index (κ3) is 2.65. The molecule has 0 saturated heterocycles. The van der Waals surface area contributed by atoms with Crippen molar-refractivity contribution < 1.29 is 19.4 Å². The zero-order chi connectivity index (χ0) is 20.1. The van der Waals surface area contributed by atoms with Crippen LogP contribution in [0.25, 0.3) is 28.2 Å². The standard InChI is InChI=1S/C19H13N5O5/c20-16(26)14-15-18(23-17(21-14)9-1-4-11(25)5-2-9)24(19(27)22-15)10-3-6-12-13(7-10)29-8-28-12/h1-7,25H,8H2,(H2,20,26)(H,22,27). The molecule has 0 unspecified atom stereocenters. The van der Waals surface area contributed by atoms with Crippen LogP contribution in [-0.2, 0) is 0 Å². The molecular formula is C19H13N5O5. The summed E-state index contributed by atoms with van der Waals surface area (Å²) in [5.41, 5.74) is 6.17. The number of rotatable bonds is 3. The molecule has 2 aromatic heterocycles. The van der Waals surface area contributed by atoms with Gasteiger partial charge >= 0.3 is 5.69 Å². The molecule has 0 radical (unpaired) electrons. The highest BCUT2D eigenvalue weighted by atomic mass is 16.7. The first-order valence-corrected chi connectivity index (χ1v) is 8.53. The lowest BCUT2D eigenvalue weighted by Gasteiger charge is -2.07. The minimum Gasteiger partial charge on any atom is -0.508 e.